The van der Waals surface area contributed by atoms with Crippen LogP contribution in [0.3, 0.4) is 0 Å². The molecule has 0 bridgehead atoms. The van der Waals surface area contributed by atoms with E-state index in [1.807, 2.05) is 0 Å². The van der Waals surface area contributed by atoms with Crippen LogP contribution in [0.2, 0.25) is 0 Å². The van der Waals surface area contributed by atoms with Gasteiger partial charge in [0, 0.05) is 5.92 Å². The molecule has 1 saturated carbocycles. The SMILES string of the molecule is CC(NC(=O)C1CCCC1CN)C(N)=O. The number of nitrogens with two attached hydrogens (primary N) is 2. The van der Waals surface area contributed by atoms with E-state index in [2.05, 4.69) is 5.32 Å². The van der Waals surface area contributed by atoms with Crippen molar-refractivity contribution in [1.29, 1.82) is 0 Å². The molecule has 5 heteroatoms. The lowest BCUT2D eigenvalue weighted by atomic mass is 9.95. The maximum absolute atomic E-state index is 11.8. The van der Waals surface area contributed by atoms with Gasteiger partial charge in [0.05, 0.1) is 0 Å². The number of nitrogens with one attached hydrogen (secondary N) is 1. The Morgan fingerprint density at radius 1 is 1.47 bits per heavy atom. The van der Waals surface area contributed by atoms with Gasteiger partial charge < -0.3 is 16.8 Å². The van der Waals surface area contributed by atoms with Gasteiger partial charge in [-0.2, -0.15) is 0 Å². The Balaban J connectivity index is 2.49. The van der Waals surface area contributed by atoms with Crippen LogP contribution in [0.4, 0.5) is 0 Å². The van der Waals surface area contributed by atoms with E-state index in [-0.39, 0.29) is 17.7 Å². The Hall–Kier alpha value is -1.10. The van der Waals surface area contributed by atoms with Crippen LogP contribution in [-0.4, -0.2) is 24.4 Å². The van der Waals surface area contributed by atoms with Crippen LogP contribution in [0.1, 0.15) is 26.2 Å². The molecule has 5 N–H and O–H groups in total. The summed E-state index contributed by atoms with van der Waals surface area (Å²) >= 11 is 0. The van der Waals surface area contributed by atoms with Crippen molar-refractivity contribution in [2.24, 2.45) is 23.3 Å². The highest BCUT2D eigenvalue weighted by atomic mass is 16.2. The molecule has 0 spiro atoms. The highest BCUT2D eigenvalue weighted by molar-refractivity contribution is 5.87. The van der Waals surface area contributed by atoms with Gasteiger partial charge in [0.2, 0.25) is 11.8 Å². The summed E-state index contributed by atoms with van der Waals surface area (Å²) in [4.78, 5) is 22.5. The summed E-state index contributed by atoms with van der Waals surface area (Å²) < 4.78 is 0. The Morgan fingerprint density at radius 3 is 2.67 bits per heavy atom. The third-order valence-corrected chi connectivity index (χ3v) is 3.08. The topological polar surface area (TPSA) is 98.2 Å². The molecule has 0 heterocycles. The lowest BCUT2D eigenvalue weighted by Crippen LogP contribution is -2.45. The van der Waals surface area contributed by atoms with E-state index in [4.69, 9.17) is 11.5 Å². The maximum atomic E-state index is 11.8. The van der Waals surface area contributed by atoms with E-state index in [9.17, 15) is 9.59 Å². The van der Waals surface area contributed by atoms with Crippen molar-refractivity contribution in [2.45, 2.75) is 32.2 Å². The maximum Gasteiger partial charge on any atom is 0.239 e. The van der Waals surface area contributed by atoms with Gasteiger partial charge in [-0.05, 0) is 32.2 Å². The average molecular weight is 213 g/mol. The van der Waals surface area contributed by atoms with Crippen molar-refractivity contribution < 1.29 is 9.59 Å². The third kappa shape index (κ3) is 2.92. The first-order valence-corrected chi connectivity index (χ1v) is 5.36. The molecule has 0 aromatic carbocycles. The lowest BCUT2D eigenvalue weighted by Gasteiger charge is -2.19. The molecule has 0 aliphatic heterocycles. The number of carbonyl (C=O) groups is 2. The molecule has 1 fully saturated rings. The minimum Gasteiger partial charge on any atom is -0.368 e. The molecule has 5 nitrogen and oxygen atoms in total. The van der Waals surface area contributed by atoms with Crippen LogP contribution in [-0.2, 0) is 9.59 Å². The molecule has 1 aliphatic rings. The van der Waals surface area contributed by atoms with Crippen molar-refractivity contribution in [3.8, 4) is 0 Å². The first-order valence-electron chi connectivity index (χ1n) is 5.36. The van der Waals surface area contributed by atoms with E-state index in [1.165, 1.54) is 0 Å². The number of hydrogen-bond acceptors (Lipinski definition) is 3. The summed E-state index contributed by atoms with van der Waals surface area (Å²) in [6, 6.07) is -0.600. The predicted molar refractivity (Wildman–Crippen MR) is 56.7 cm³/mol. The minimum absolute atomic E-state index is 0.0446. The smallest absolute Gasteiger partial charge is 0.239 e. The van der Waals surface area contributed by atoms with Gasteiger partial charge in [0.1, 0.15) is 6.04 Å². The number of amides is 2. The van der Waals surface area contributed by atoms with Crippen LogP contribution in [0, 0.1) is 11.8 Å². The van der Waals surface area contributed by atoms with Crippen molar-refractivity contribution in [3.05, 3.63) is 0 Å². The molecule has 3 atom stereocenters. The minimum atomic E-state index is -0.600. The van der Waals surface area contributed by atoms with Crippen LogP contribution >= 0.6 is 0 Å². The van der Waals surface area contributed by atoms with Crippen molar-refractivity contribution in [2.75, 3.05) is 6.54 Å². The zero-order chi connectivity index (χ0) is 11.4. The molecular formula is C10H19N3O2. The van der Waals surface area contributed by atoms with Crippen LogP contribution in [0.25, 0.3) is 0 Å². The second kappa shape index (κ2) is 5.11. The number of rotatable bonds is 4. The zero-order valence-electron chi connectivity index (χ0n) is 9.03. The molecule has 1 rings (SSSR count). The average Bonchev–Trinajstić information content (AvgIpc) is 2.64. The van der Waals surface area contributed by atoms with Crippen LogP contribution in [0.5, 0.6) is 0 Å². The molecule has 0 saturated heterocycles. The molecule has 0 radical (unpaired) electrons. The Labute approximate surface area is 89.6 Å². The highest BCUT2D eigenvalue weighted by Gasteiger charge is 2.32. The summed E-state index contributed by atoms with van der Waals surface area (Å²) in [6.07, 6.45) is 2.89. The summed E-state index contributed by atoms with van der Waals surface area (Å²) in [5, 5.41) is 2.62. The van der Waals surface area contributed by atoms with Crippen molar-refractivity contribution >= 4 is 11.8 Å². The quantitative estimate of drug-likeness (QED) is 0.578. The van der Waals surface area contributed by atoms with E-state index in [0.29, 0.717) is 6.54 Å². The van der Waals surface area contributed by atoms with E-state index in [0.717, 1.165) is 19.3 Å². The Kier molecular flexibility index (Phi) is 4.08. The van der Waals surface area contributed by atoms with Gasteiger partial charge in [0.15, 0.2) is 0 Å². The fourth-order valence-corrected chi connectivity index (χ4v) is 2.06. The van der Waals surface area contributed by atoms with Crippen molar-refractivity contribution in [3.63, 3.8) is 0 Å². The lowest BCUT2D eigenvalue weighted by molar-refractivity contribution is -0.130. The van der Waals surface area contributed by atoms with Crippen molar-refractivity contribution in [1.82, 2.24) is 5.32 Å². The van der Waals surface area contributed by atoms with Gasteiger partial charge in [-0.1, -0.05) is 6.42 Å². The summed E-state index contributed by atoms with van der Waals surface area (Å²) in [6.45, 7) is 2.12. The standard InChI is InChI=1S/C10H19N3O2/c1-6(9(12)14)13-10(15)8-4-2-3-7(8)5-11/h6-8H,2-5,11H2,1H3,(H2,12,14)(H,13,15). The summed E-state index contributed by atoms with van der Waals surface area (Å²) in [7, 11) is 0. The van der Waals surface area contributed by atoms with Gasteiger partial charge in [-0.15, -0.1) is 0 Å². The molecular weight excluding hydrogens is 194 g/mol. The van der Waals surface area contributed by atoms with E-state index >= 15 is 0 Å². The first-order chi connectivity index (χ1) is 7.06. The predicted octanol–water partition coefficient (Wildman–Crippen LogP) is -0.649. The largest absolute Gasteiger partial charge is 0.368 e. The van der Waals surface area contributed by atoms with Gasteiger partial charge in [-0.25, -0.2) is 0 Å². The molecule has 0 aromatic rings. The zero-order valence-corrected chi connectivity index (χ0v) is 9.03. The molecule has 86 valence electrons. The second-order valence-corrected chi connectivity index (χ2v) is 4.17. The monoisotopic (exact) mass is 213 g/mol. The fraction of sp³-hybridized carbons (Fsp3) is 0.800. The number of primary amides is 1. The molecule has 2 amide bonds. The highest BCUT2D eigenvalue weighted by Crippen LogP contribution is 2.30. The third-order valence-electron chi connectivity index (χ3n) is 3.08. The second-order valence-electron chi connectivity index (χ2n) is 4.17. The Bertz CT molecular complexity index is 255. The van der Waals surface area contributed by atoms with Gasteiger partial charge in [-0.3, -0.25) is 9.59 Å². The van der Waals surface area contributed by atoms with Gasteiger partial charge >= 0.3 is 0 Å². The Morgan fingerprint density at radius 2 is 2.13 bits per heavy atom. The normalized spacial score (nSPS) is 27.3. The van der Waals surface area contributed by atoms with Crippen LogP contribution in [0.15, 0.2) is 0 Å². The molecule has 0 aromatic heterocycles. The first kappa shape index (κ1) is 12.0. The van der Waals surface area contributed by atoms with Crippen LogP contribution < -0.4 is 16.8 Å². The summed E-state index contributed by atoms with van der Waals surface area (Å²) in [5.41, 5.74) is 10.7. The van der Waals surface area contributed by atoms with E-state index < -0.39 is 11.9 Å². The van der Waals surface area contributed by atoms with Gasteiger partial charge in [0.25, 0.3) is 0 Å². The number of carbonyl (C=O) groups excluding carboxylic acids is 2. The number of hydrogen-bond donors (Lipinski definition) is 3. The van der Waals surface area contributed by atoms with E-state index in [1.54, 1.807) is 6.92 Å². The fourth-order valence-electron chi connectivity index (χ4n) is 2.06. The molecule has 1 aliphatic carbocycles. The molecule has 3 unspecified atom stereocenters. The molecule has 15 heavy (non-hydrogen) atoms. The summed E-state index contributed by atoms with van der Waals surface area (Å²) in [5.74, 6) is -0.387.